The number of rotatable bonds is 5. The van der Waals surface area contributed by atoms with Crippen LogP contribution in [0.1, 0.15) is 16.1 Å². The molecule has 1 aliphatic rings. The van der Waals surface area contributed by atoms with Gasteiger partial charge in [0.1, 0.15) is 11.5 Å². The maximum absolute atomic E-state index is 14.1. The highest BCUT2D eigenvalue weighted by atomic mass is 19.1. The Morgan fingerprint density at radius 3 is 2.47 bits per heavy atom. The van der Waals surface area contributed by atoms with Crippen LogP contribution in [-0.2, 0) is 7.05 Å². The van der Waals surface area contributed by atoms with Gasteiger partial charge in [-0.05, 0) is 23.8 Å². The standard InChI is InChI=1S/C24H25FN4O/c1-27-23(18-22(26-27)20-11-5-6-12-21(20)25)24(30)29-16-14-28(15-17-29)13-7-10-19-8-3-2-4-9-19/h2-12,18H,13-17H2,1H3/b10-7+. The van der Waals surface area contributed by atoms with Crippen LogP contribution in [0.3, 0.4) is 0 Å². The zero-order valence-corrected chi connectivity index (χ0v) is 17.0. The zero-order chi connectivity index (χ0) is 20.9. The molecule has 3 aromatic rings. The molecular formula is C24H25FN4O. The minimum Gasteiger partial charge on any atom is -0.335 e. The lowest BCUT2D eigenvalue weighted by molar-refractivity contribution is 0.0639. The molecular weight excluding hydrogens is 379 g/mol. The van der Waals surface area contributed by atoms with Gasteiger partial charge in [-0.15, -0.1) is 0 Å². The molecule has 1 aliphatic heterocycles. The largest absolute Gasteiger partial charge is 0.335 e. The Morgan fingerprint density at radius 1 is 1.03 bits per heavy atom. The van der Waals surface area contributed by atoms with Crippen molar-refractivity contribution in [2.24, 2.45) is 7.05 Å². The fourth-order valence-corrected chi connectivity index (χ4v) is 3.67. The highest BCUT2D eigenvalue weighted by molar-refractivity contribution is 5.93. The summed E-state index contributed by atoms with van der Waals surface area (Å²) in [5.74, 6) is -0.404. The van der Waals surface area contributed by atoms with Crippen LogP contribution in [0.2, 0.25) is 0 Å². The van der Waals surface area contributed by atoms with E-state index >= 15 is 0 Å². The van der Waals surface area contributed by atoms with Crippen molar-refractivity contribution < 1.29 is 9.18 Å². The Morgan fingerprint density at radius 2 is 1.73 bits per heavy atom. The molecule has 0 unspecified atom stereocenters. The van der Waals surface area contributed by atoms with Crippen LogP contribution in [0.25, 0.3) is 17.3 Å². The fraction of sp³-hybridized carbons (Fsp3) is 0.250. The van der Waals surface area contributed by atoms with Crippen LogP contribution in [0.5, 0.6) is 0 Å². The lowest BCUT2D eigenvalue weighted by atomic mass is 10.1. The van der Waals surface area contributed by atoms with Crippen LogP contribution in [0.15, 0.2) is 66.7 Å². The van der Waals surface area contributed by atoms with Gasteiger partial charge < -0.3 is 4.90 Å². The Kier molecular flexibility index (Phi) is 6.05. The molecule has 0 saturated carbocycles. The Labute approximate surface area is 176 Å². The van der Waals surface area contributed by atoms with Crippen LogP contribution >= 0.6 is 0 Å². The number of aromatic nitrogens is 2. The van der Waals surface area contributed by atoms with E-state index in [4.69, 9.17) is 0 Å². The fourth-order valence-electron chi connectivity index (χ4n) is 3.67. The summed E-state index contributed by atoms with van der Waals surface area (Å²) in [6, 6.07) is 18.4. The first-order valence-corrected chi connectivity index (χ1v) is 10.1. The van der Waals surface area contributed by atoms with Crippen molar-refractivity contribution in [2.45, 2.75) is 0 Å². The zero-order valence-electron chi connectivity index (χ0n) is 17.0. The summed E-state index contributed by atoms with van der Waals surface area (Å²) in [6.07, 6.45) is 4.28. The summed E-state index contributed by atoms with van der Waals surface area (Å²) in [5.41, 5.74) is 2.55. The molecule has 4 rings (SSSR count). The minimum atomic E-state index is -0.341. The van der Waals surface area contributed by atoms with Gasteiger partial charge >= 0.3 is 0 Å². The molecule has 30 heavy (non-hydrogen) atoms. The average Bonchev–Trinajstić information content (AvgIpc) is 3.16. The predicted octanol–water partition coefficient (Wildman–Crippen LogP) is 3.70. The topological polar surface area (TPSA) is 41.4 Å². The van der Waals surface area contributed by atoms with Gasteiger partial charge in [0.2, 0.25) is 0 Å². The molecule has 2 aromatic carbocycles. The molecule has 1 aromatic heterocycles. The molecule has 0 N–H and O–H groups in total. The third kappa shape index (κ3) is 4.49. The van der Waals surface area contributed by atoms with Crippen molar-refractivity contribution in [3.63, 3.8) is 0 Å². The SMILES string of the molecule is Cn1nc(-c2ccccc2F)cc1C(=O)N1CCN(C/C=C/c2ccccc2)CC1. The maximum atomic E-state index is 14.1. The summed E-state index contributed by atoms with van der Waals surface area (Å²) in [7, 11) is 1.72. The molecule has 0 aliphatic carbocycles. The molecule has 0 spiro atoms. The second kappa shape index (κ2) is 9.05. The molecule has 154 valence electrons. The van der Waals surface area contributed by atoms with Crippen molar-refractivity contribution in [1.29, 1.82) is 0 Å². The molecule has 6 heteroatoms. The van der Waals surface area contributed by atoms with Crippen LogP contribution in [0.4, 0.5) is 4.39 Å². The number of halogens is 1. The minimum absolute atomic E-state index is 0.0629. The molecule has 1 fully saturated rings. The van der Waals surface area contributed by atoms with Crippen LogP contribution in [0, 0.1) is 5.82 Å². The number of hydrogen-bond acceptors (Lipinski definition) is 3. The van der Waals surface area contributed by atoms with Gasteiger partial charge in [-0.2, -0.15) is 5.10 Å². The number of carbonyl (C=O) groups excluding carboxylic acids is 1. The van der Waals surface area contributed by atoms with Crippen molar-refractivity contribution in [2.75, 3.05) is 32.7 Å². The molecule has 0 atom stereocenters. The number of aryl methyl sites for hydroxylation is 1. The van der Waals surface area contributed by atoms with E-state index < -0.39 is 0 Å². The number of amides is 1. The number of hydrogen-bond donors (Lipinski definition) is 0. The third-order valence-corrected chi connectivity index (χ3v) is 5.38. The highest BCUT2D eigenvalue weighted by Gasteiger charge is 2.25. The van der Waals surface area contributed by atoms with E-state index in [2.05, 4.69) is 34.3 Å². The Bertz CT molecular complexity index is 1040. The maximum Gasteiger partial charge on any atom is 0.272 e. The van der Waals surface area contributed by atoms with Gasteiger partial charge in [-0.1, -0.05) is 54.6 Å². The predicted molar refractivity (Wildman–Crippen MR) is 116 cm³/mol. The van der Waals surface area contributed by atoms with Gasteiger partial charge in [0.05, 0.1) is 5.69 Å². The summed E-state index contributed by atoms with van der Waals surface area (Å²) >= 11 is 0. The first-order chi connectivity index (χ1) is 14.6. The smallest absolute Gasteiger partial charge is 0.272 e. The first kappa shape index (κ1) is 20.0. The Hall–Kier alpha value is -3.25. The van der Waals surface area contributed by atoms with Gasteiger partial charge in [0, 0.05) is 45.3 Å². The third-order valence-electron chi connectivity index (χ3n) is 5.38. The number of benzene rings is 2. The summed E-state index contributed by atoms with van der Waals surface area (Å²) in [4.78, 5) is 17.2. The van der Waals surface area contributed by atoms with E-state index in [9.17, 15) is 9.18 Å². The van der Waals surface area contributed by atoms with Gasteiger partial charge in [0.25, 0.3) is 5.91 Å². The lowest BCUT2D eigenvalue weighted by Gasteiger charge is -2.34. The van der Waals surface area contributed by atoms with Gasteiger partial charge in [0.15, 0.2) is 0 Å². The summed E-state index contributed by atoms with van der Waals surface area (Å²) < 4.78 is 15.6. The van der Waals surface area contributed by atoms with Crippen molar-refractivity contribution in [3.05, 3.63) is 83.8 Å². The van der Waals surface area contributed by atoms with E-state index in [-0.39, 0.29) is 11.7 Å². The number of piperazine rings is 1. The Balaban J connectivity index is 1.35. The normalized spacial score (nSPS) is 15.1. The van der Waals surface area contributed by atoms with Crippen molar-refractivity contribution in [3.8, 4) is 11.3 Å². The highest BCUT2D eigenvalue weighted by Crippen LogP contribution is 2.22. The summed E-state index contributed by atoms with van der Waals surface area (Å²) in [6.45, 7) is 3.84. The first-order valence-electron chi connectivity index (χ1n) is 10.1. The average molecular weight is 404 g/mol. The van der Waals surface area contributed by atoms with E-state index in [0.29, 0.717) is 30.0 Å². The summed E-state index contributed by atoms with van der Waals surface area (Å²) in [5, 5.41) is 4.35. The molecule has 1 saturated heterocycles. The van der Waals surface area contributed by atoms with E-state index in [1.807, 2.05) is 23.1 Å². The quantitative estimate of drug-likeness (QED) is 0.651. The van der Waals surface area contributed by atoms with E-state index in [0.717, 1.165) is 19.6 Å². The van der Waals surface area contributed by atoms with Crippen LogP contribution in [-0.4, -0.2) is 58.2 Å². The molecule has 0 radical (unpaired) electrons. The van der Waals surface area contributed by atoms with Crippen LogP contribution < -0.4 is 0 Å². The van der Waals surface area contributed by atoms with Crippen molar-refractivity contribution >= 4 is 12.0 Å². The molecule has 2 heterocycles. The monoisotopic (exact) mass is 404 g/mol. The van der Waals surface area contributed by atoms with Gasteiger partial charge in [-0.25, -0.2) is 4.39 Å². The molecule has 5 nitrogen and oxygen atoms in total. The molecule has 0 bridgehead atoms. The lowest BCUT2D eigenvalue weighted by Crippen LogP contribution is -2.48. The van der Waals surface area contributed by atoms with Crippen molar-refractivity contribution in [1.82, 2.24) is 19.6 Å². The second-order valence-corrected chi connectivity index (χ2v) is 7.42. The number of nitrogens with zero attached hydrogens (tertiary/aromatic N) is 4. The second-order valence-electron chi connectivity index (χ2n) is 7.42. The molecule has 1 amide bonds. The van der Waals surface area contributed by atoms with E-state index in [1.165, 1.54) is 11.6 Å². The van der Waals surface area contributed by atoms with E-state index in [1.54, 1.807) is 36.0 Å². The van der Waals surface area contributed by atoms with Gasteiger partial charge in [-0.3, -0.25) is 14.4 Å². The number of carbonyl (C=O) groups is 1.